The van der Waals surface area contributed by atoms with Crippen LogP contribution in [0.2, 0.25) is 0 Å². The lowest BCUT2D eigenvalue weighted by atomic mass is 10.1. The number of hydrogen-bond acceptors (Lipinski definition) is 4. The highest BCUT2D eigenvalue weighted by Gasteiger charge is 2.16. The molecule has 0 saturated heterocycles. The monoisotopic (exact) mass is 317 g/mol. The highest BCUT2D eigenvalue weighted by molar-refractivity contribution is 5.92. The first-order valence-electron chi connectivity index (χ1n) is 7.71. The minimum Gasteiger partial charge on any atom is -0.493 e. The number of anilines is 1. The van der Waals surface area contributed by atoms with E-state index >= 15 is 0 Å². The summed E-state index contributed by atoms with van der Waals surface area (Å²) in [5.41, 5.74) is 2.08. The summed E-state index contributed by atoms with van der Waals surface area (Å²) in [6.45, 7) is 4.02. The number of para-hydroxylation sites is 2. The van der Waals surface area contributed by atoms with Crippen LogP contribution in [-0.2, 0) is 24.7 Å². The van der Waals surface area contributed by atoms with E-state index in [-0.39, 0.29) is 12.5 Å². The van der Waals surface area contributed by atoms with Crippen molar-refractivity contribution in [1.29, 1.82) is 0 Å². The van der Waals surface area contributed by atoms with Crippen molar-refractivity contribution in [2.45, 2.75) is 26.7 Å². The maximum absolute atomic E-state index is 12.2. The van der Waals surface area contributed by atoms with E-state index in [0.29, 0.717) is 11.5 Å². The molecule has 1 aromatic carbocycles. The zero-order chi connectivity index (χ0) is 16.8. The topological polar surface area (TPSA) is 65.4 Å². The Kier molecular flexibility index (Phi) is 5.62. The highest BCUT2D eigenvalue weighted by atomic mass is 16.5. The Bertz CT molecular complexity index is 680. The van der Waals surface area contributed by atoms with Gasteiger partial charge < -0.3 is 14.8 Å². The van der Waals surface area contributed by atoms with Crippen LogP contribution in [0.1, 0.15) is 25.1 Å². The molecule has 1 heterocycles. The predicted molar refractivity (Wildman–Crippen MR) is 89.1 cm³/mol. The Morgan fingerprint density at radius 2 is 1.91 bits per heavy atom. The van der Waals surface area contributed by atoms with E-state index in [1.807, 2.05) is 19.2 Å². The van der Waals surface area contributed by atoms with Crippen molar-refractivity contribution in [3.05, 3.63) is 35.5 Å². The second-order valence-electron chi connectivity index (χ2n) is 5.09. The van der Waals surface area contributed by atoms with E-state index in [1.54, 1.807) is 23.9 Å². The van der Waals surface area contributed by atoms with E-state index in [4.69, 9.17) is 9.47 Å². The Labute approximate surface area is 136 Å². The molecular formula is C17H23N3O3. The quantitative estimate of drug-likeness (QED) is 0.852. The van der Waals surface area contributed by atoms with Gasteiger partial charge >= 0.3 is 0 Å². The normalized spacial score (nSPS) is 10.4. The summed E-state index contributed by atoms with van der Waals surface area (Å²) in [6.07, 6.45) is 1.66. The smallest absolute Gasteiger partial charge is 0.263 e. The standard InChI is InChI=1S/C17H23N3O3/c1-5-12-13(6-2)19-20(3)17(12)18-16(21)11-23-15-10-8-7-9-14(15)22-4/h7-10H,5-6,11H2,1-4H3,(H,18,21). The molecular weight excluding hydrogens is 294 g/mol. The summed E-state index contributed by atoms with van der Waals surface area (Å²) < 4.78 is 12.4. The minimum atomic E-state index is -0.226. The molecule has 0 radical (unpaired) electrons. The van der Waals surface area contributed by atoms with E-state index in [9.17, 15) is 4.79 Å². The van der Waals surface area contributed by atoms with Gasteiger partial charge in [-0.2, -0.15) is 5.10 Å². The van der Waals surface area contributed by atoms with Crippen LogP contribution in [0.5, 0.6) is 11.5 Å². The number of carbonyl (C=O) groups is 1. The Morgan fingerprint density at radius 1 is 1.22 bits per heavy atom. The van der Waals surface area contributed by atoms with Gasteiger partial charge in [-0.1, -0.05) is 26.0 Å². The molecule has 0 aliphatic heterocycles. The fraction of sp³-hybridized carbons (Fsp3) is 0.412. The molecule has 0 aliphatic rings. The van der Waals surface area contributed by atoms with Crippen LogP contribution < -0.4 is 14.8 Å². The van der Waals surface area contributed by atoms with Gasteiger partial charge in [-0.25, -0.2) is 0 Å². The lowest BCUT2D eigenvalue weighted by molar-refractivity contribution is -0.118. The first-order chi connectivity index (χ1) is 11.1. The molecule has 6 heteroatoms. The molecule has 1 aromatic heterocycles. The van der Waals surface area contributed by atoms with Crippen LogP contribution in [0.15, 0.2) is 24.3 Å². The molecule has 0 bridgehead atoms. The molecule has 0 unspecified atom stereocenters. The van der Waals surface area contributed by atoms with Crippen LogP contribution >= 0.6 is 0 Å². The highest BCUT2D eigenvalue weighted by Crippen LogP contribution is 2.26. The molecule has 1 amide bonds. The van der Waals surface area contributed by atoms with Crippen molar-refractivity contribution in [3.8, 4) is 11.5 Å². The molecule has 0 saturated carbocycles. The van der Waals surface area contributed by atoms with E-state index in [0.717, 1.165) is 29.9 Å². The van der Waals surface area contributed by atoms with Crippen LogP contribution in [0, 0.1) is 0 Å². The third-order valence-corrected chi connectivity index (χ3v) is 3.60. The Morgan fingerprint density at radius 3 is 2.52 bits per heavy atom. The molecule has 2 aromatic rings. The van der Waals surface area contributed by atoms with Gasteiger partial charge in [-0.05, 0) is 25.0 Å². The fourth-order valence-corrected chi connectivity index (χ4v) is 2.48. The summed E-state index contributed by atoms with van der Waals surface area (Å²) >= 11 is 0. The molecule has 0 fully saturated rings. The Balaban J connectivity index is 2.04. The number of benzene rings is 1. The summed E-state index contributed by atoms with van der Waals surface area (Å²) in [5, 5.41) is 7.33. The maximum atomic E-state index is 12.2. The third kappa shape index (κ3) is 3.83. The fourth-order valence-electron chi connectivity index (χ4n) is 2.48. The molecule has 0 aliphatic carbocycles. The van der Waals surface area contributed by atoms with Crippen molar-refractivity contribution < 1.29 is 14.3 Å². The summed E-state index contributed by atoms with van der Waals surface area (Å²) in [5.74, 6) is 1.65. The average molecular weight is 317 g/mol. The second kappa shape index (κ2) is 7.67. The molecule has 1 N–H and O–H groups in total. The van der Waals surface area contributed by atoms with Gasteiger partial charge in [0.15, 0.2) is 18.1 Å². The van der Waals surface area contributed by atoms with Gasteiger partial charge in [0.2, 0.25) is 0 Å². The lowest BCUT2D eigenvalue weighted by Crippen LogP contribution is -2.22. The summed E-state index contributed by atoms with van der Waals surface area (Å²) in [4.78, 5) is 12.2. The maximum Gasteiger partial charge on any atom is 0.263 e. The number of nitrogens with one attached hydrogen (secondary N) is 1. The van der Waals surface area contributed by atoms with E-state index < -0.39 is 0 Å². The number of aromatic nitrogens is 2. The first-order valence-corrected chi connectivity index (χ1v) is 7.71. The molecule has 2 rings (SSSR count). The number of ether oxygens (including phenoxy) is 2. The number of carbonyl (C=O) groups excluding carboxylic acids is 1. The first kappa shape index (κ1) is 16.9. The number of rotatable bonds is 7. The zero-order valence-corrected chi connectivity index (χ0v) is 14.0. The lowest BCUT2D eigenvalue weighted by Gasteiger charge is -2.11. The second-order valence-corrected chi connectivity index (χ2v) is 5.09. The molecule has 23 heavy (non-hydrogen) atoms. The number of amides is 1. The molecule has 6 nitrogen and oxygen atoms in total. The van der Waals surface area contributed by atoms with E-state index in [2.05, 4.69) is 24.3 Å². The largest absolute Gasteiger partial charge is 0.493 e. The van der Waals surface area contributed by atoms with E-state index in [1.165, 1.54) is 0 Å². The van der Waals surface area contributed by atoms with Crippen LogP contribution in [0.3, 0.4) is 0 Å². The van der Waals surface area contributed by atoms with Gasteiger partial charge in [0, 0.05) is 12.6 Å². The SMILES string of the molecule is CCc1nn(C)c(NC(=O)COc2ccccc2OC)c1CC. The number of hydrogen-bond donors (Lipinski definition) is 1. The van der Waals surface area contributed by atoms with Crippen molar-refractivity contribution in [2.24, 2.45) is 7.05 Å². The summed E-state index contributed by atoms with van der Waals surface area (Å²) in [6, 6.07) is 7.24. The third-order valence-electron chi connectivity index (χ3n) is 3.60. The number of nitrogens with zero attached hydrogens (tertiary/aromatic N) is 2. The van der Waals surface area contributed by atoms with Gasteiger partial charge in [-0.3, -0.25) is 9.48 Å². The van der Waals surface area contributed by atoms with Gasteiger partial charge in [-0.15, -0.1) is 0 Å². The van der Waals surface area contributed by atoms with Crippen LogP contribution in [0.25, 0.3) is 0 Å². The van der Waals surface area contributed by atoms with Crippen molar-refractivity contribution >= 4 is 11.7 Å². The van der Waals surface area contributed by atoms with Gasteiger partial charge in [0.05, 0.1) is 12.8 Å². The molecule has 124 valence electrons. The van der Waals surface area contributed by atoms with Crippen molar-refractivity contribution in [2.75, 3.05) is 19.0 Å². The summed E-state index contributed by atoms with van der Waals surface area (Å²) in [7, 11) is 3.40. The van der Waals surface area contributed by atoms with Gasteiger partial charge in [0.1, 0.15) is 5.82 Å². The van der Waals surface area contributed by atoms with Gasteiger partial charge in [0.25, 0.3) is 5.91 Å². The predicted octanol–water partition coefficient (Wildman–Crippen LogP) is 2.57. The number of methoxy groups -OCH3 is 1. The van der Waals surface area contributed by atoms with Crippen LogP contribution in [0.4, 0.5) is 5.82 Å². The van der Waals surface area contributed by atoms with Crippen molar-refractivity contribution in [1.82, 2.24) is 9.78 Å². The molecule has 0 atom stereocenters. The molecule has 0 spiro atoms. The Hall–Kier alpha value is -2.50. The minimum absolute atomic E-state index is 0.0871. The van der Waals surface area contributed by atoms with Crippen molar-refractivity contribution in [3.63, 3.8) is 0 Å². The number of aryl methyl sites for hydroxylation is 2. The van der Waals surface area contributed by atoms with Crippen LogP contribution in [-0.4, -0.2) is 29.4 Å². The average Bonchev–Trinajstić information content (AvgIpc) is 2.88. The zero-order valence-electron chi connectivity index (χ0n) is 14.0.